The first-order valence-corrected chi connectivity index (χ1v) is 6.19. The maximum absolute atomic E-state index is 11.6. The quantitative estimate of drug-likeness (QED) is 0.820. The number of rotatable bonds is 3. The number of imide groups is 2. The maximum atomic E-state index is 11.6. The van der Waals surface area contributed by atoms with Gasteiger partial charge in [-0.3, -0.25) is 19.8 Å². The van der Waals surface area contributed by atoms with Gasteiger partial charge in [-0.2, -0.15) is 11.3 Å². The predicted octanol–water partition coefficient (Wildman–Crippen LogP) is 1.15. The largest absolute Gasteiger partial charge is 0.331 e. The van der Waals surface area contributed by atoms with Crippen molar-refractivity contribution in [3.05, 3.63) is 22.4 Å². The number of barbiturate groups is 1. The van der Waals surface area contributed by atoms with Gasteiger partial charge in [-0.15, -0.1) is 0 Å². The Morgan fingerprint density at radius 2 is 2.24 bits per heavy atom. The van der Waals surface area contributed by atoms with Crippen molar-refractivity contribution in [2.45, 2.75) is 25.8 Å². The summed E-state index contributed by atoms with van der Waals surface area (Å²) in [5.41, 5.74) is 1.08. The Labute approximate surface area is 102 Å². The molecule has 0 aliphatic carbocycles. The second kappa shape index (κ2) is 4.67. The molecule has 1 aromatic heterocycles. The second-order valence-electron chi connectivity index (χ2n) is 3.98. The van der Waals surface area contributed by atoms with Gasteiger partial charge in [-0.1, -0.05) is 0 Å². The molecule has 1 unspecified atom stereocenters. The van der Waals surface area contributed by atoms with Crippen molar-refractivity contribution in [3.63, 3.8) is 0 Å². The van der Waals surface area contributed by atoms with Crippen molar-refractivity contribution in [3.8, 4) is 0 Å². The molecule has 1 aromatic rings. The molecule has 1 aliphatic heterocycles. The van der Waals surface area contributed by atoms with Crippen molar-refractivity contribution >= 4 is 29.2 Å². The molecule has 0 spiro atoms. The summed E-state index contributed by atoms with van der Waals surface area (Å²) in [4.78, 5) is 35.3. The van der Waals surface area contributed by atoms with Crippen LogP contribution in [0, 0.1) is 0 Å². The second-order valence-corrected chi connectivity index (χ2v) is 4.76. The van der Waals surface area contributed by atoms with Crippen LogP contribution < -0.4 is 5.32 Å². The fourth-order valence-electron chi connectivity index (χ4n) is 1.85. The van der Waals surface area contributed by atoms with Gasteiger partial charge in [-0.05, 0) is 35.7 Å². The molecular formula is C11H12N2O3S. The summed E-state index contributed by atoms with van der Waals surface area (Å²) in [7, 11) is 0. The lowest BCUT2D eigenvalue weighted by molar-refractivity contribution is -0.137. The van der Waals surface area contributed by atoms with E-state index in [0.29, 0.717) is 6.42 Å². The van der Waals surface area contributed by atoms with Gasteiger partial charge in [0.05, 0.1) is 0 Å². The Kier molecular flexibility index (Phi) is 3.23. The molecule has 1 N–H and O–H groups in total. The molecule has 0 radical (unpaired) electrons. The molecule has 0 aromatic carbocycles. The van der Waals surface area contributed by atoms with Crippen LogP contribution >= 0.6 is 11.3 Å². The Hall–Kier alpha value is -1.69. The average molecular weight is 252 g/mol. The summed E-state index contributed by atoms with van der Waals surface area (Å²) in [5, 5.41) is 6.08. The normalized spacial score (nSPS) is 18.2. The van der Waals surface area contributed by atoms with E-state index >= 15 is 0 Å². The van der Waals surface area contributed by atoms with E-state index in [1.165, 1.54) is 0 Å². The third-order valence-electron chi connectivity index (χ3n) is 2.60. The highest BCUT2D eigenvalue weighted by atomic mass is 32.1. The van der Waals surface area contributed by atoms with E-state index in [4.69, 9.17) is 0 Å². The van der Waals surface area contributed by atoms with E-state index in [2.05, 4.69) is 5.32 Å². The van der Waals surface area contributed by atoms with Gasteiger partial charge in [0.25, 0.3) is 0 Å². The van der Waals surface area contributed by atoms with Crippen molar-refractivity contribution in [2.75, 3.05) is 0 Å². The predicted molar refractivity (Wildman–Crippen MR) is 62.5 cm³/mol. The van der Waals surface area contributed by atoms with Crippen LogP contribution in [0.3, 0.4) is 0 Å². The van der Waals surface area contributed by atoms with E-state index in [9.17, 15) is 14.4 Å². The Balaban J connectivity index is 2.08. The van der Waals surface area contributed by atoms with Crippen molar-refractivity contribution in [1.29, 1.82) is 0 Å². The van der Waals surface area contributed by atoms with Crippen LogP contribution in [0.4, 0.5) is 4.79 Å². The molecule has 6 heteroatoms. The number of hydrogen-bond acceptors (Lipinski definition) is 4. The number of thiophene rings is 1. The minimum Gasteiger partial charge on any atom is -0.277 e. The minimum absolute atomic E-state index is 0.245. The molecule has 1 atom stereocenters. The number of urea groups is 1. The van der Waals surface area contributed by atoms with E-state index in [1.807, 2.05) is 16.8 Å². The van der Waals surface area contributed by atoms with Crippen molar-refractivity contribution < 1.29 is 14.4 Å². The highest BCUT2D eigenvalue weighted by molar-refractivity contribution is 7.07. The monoisotopic (exact) mass is 252 g/mol. The summed E-state index contributed by atoms with van der Waals surface area (Å²) in [6.45, 7) is 1.80. The standard InChI is InChI=1S/C11H12N2O3S/c1-7(4-8-2-3-17-6-8)13-10(15)5-9(14)12-11(13)16/h2-3,6-7H,4-5H2,1H3,(H,12,14,16). The third kappa shape index (κ3) is 2.52. The molecule has 0 bridgehead atoms. The van der Waals surface area contributed by atoms with E-state index in [1.54, 1.807) is 18.3 Å². The zero-order valence-electron chi connectivity index (χ0n) is 9.30. The van der Waals surface area contributed by atoms with Crippen LogP contribution in [0.5, 0.6) is 0 Å². The summed E-state index contributed by atoms with van der Waals surface area (Å²) >= 11 is 1.57. The zero-order chi connectivity index (χ0) is 12.4. The highest BCUT2D eigenvalue weighted by Crippen LogP contribution is 2.15. The zero-order valence-corrected chi connectivity index (χ0v) is 10.1. The topological polar surface area (TPSA) is 66.5 Å². The molecule has 1 fully saturated rings. The van der Waals surface area contributed by atoms with Crippen molar-refractivity contribution in [1.82, 2.24) is 10.2 Å². The van der Waals surface area contributed by atoms with E-state index in [0.717, 1.165) is 10.5 Å². The first-order chi connectivity index (χ1) is 8.08. The Morgan fingerprint density at radius 1 is 1.47 bits per heavy atom. The summed E-state index contributed by atoms with van der Waals surface area (Å²) in [5.74, 6) is -0.958. The first-order valence-electron chi connectivity index (χ1n) is 5.25. The lowest BCUT2D eigenvalue weighted by atomic mass is 10.1. The summed E-state index contributed by atoms with van der Waals surface area (Å²) < 4.78 is 0. The minimum atomic E-state index is -0.617. The molecule has 1 aliphatic rings. The van der Waals surface area contributed by atoms with Gasteiger partial charge in [-0.25, -0.2) is 4.79 Å². The number of carbonyl (C=O) groups is 3. The van der Waals surface area contributed by atoms with Crippen molar-refractivity contribution in [2.24, 2.45) is 0 Å². The van der Waals surface area contributed by atoms with Crippen LogP contribution in [0.1, 0.15) is 18.9 Å². The third-order valence-corrected chi connectivity index (χ3v) is 3.33. The lowest BCUT2D eigenvalue weighted by Gasteiger charge is -2.30. The van der Waals surface area contributed by atoms with Gasteiger partial charge in [0.2, 0.25) is 11.8 Å². The maximum Gasteiger partial charge on any atom is 0.331 e. The fraction of sp³-hybridized carbons (Fsp3) is 0.364. The van der Waals surface area contributed by atoms with Gasteiger partial charge in [0, 0.05) is 6.04 Å². The van der Waals surface area contributed by atoms with E-state index < -0.39 is 17.8 Å². The molecule has 4 amide bonds. The molecule has 2 rings (SSSR count). The fourth-order valence-corrected chi connectivity index (χ4v) is 2.53. The van der Waals surface area contributed by atoms with E-state index in [-0.39, 0.29) is 12.5 Å². The first kappa shape index (κ1) is 11.8. The lowest BCUT2D eigenvalue weighted by Crippen LogP contribution is -2.56. The van der Waals surface area contributed by atoms with Crippen LogP contribution in [0.2, 0.25) is 0 Å². The Bertz CT molecular complexity index is 435. The molecule has 1 saturated heterocycles. The van der Waals surface area contributed by atoms with Gasteiger partial charge in [0.15, 0.2) is 0 Å². The molecule has 0 saturated carbocycles. The van der Waals surface area contributed by atoms with Gasteiger partial charge >= 0.3 is 6.03 Å². The van der Waals surface area contributed by atoms with Crippen LogP contribution in [0.25, 0.3) is 0 Å². The molecule has 90 valence electrons. The van der Waals surface area contributed by atoms with Gasteiger partial charge in [0.1, 0.15) is 6.42 Å². The number of nitrogens with one attached hydrogen (secondary N) is 1. The molecule has 2 heterocycles. The van der Waals surface area contributed by atoms with Gasteiger partial charge < -0.3 is 0 Å². The Morgan fingerprint density at radius 3 is 2.82 bits per heavy atom. The molecule has 5 nitrogen and oxygen atoms in total. The van der Waals surface area contributed by atoms with Crippen LogP contribution in [-0.4, -0.2) is 28.8 Å². The molecule has 17 heavy (non-hydrogen) atoms. The smallest absolute Gasteiger partial charge is 0.277 e. The number of hydrogen-bond donors (Lipinski definition) is 1. The number of carbonyl (C=O) groups excluding carboxylic acids is 3. The highest BCUT2D eigenvalue weighted by Gasteiger charge is 2.34. The SMILES string of the molecule is CC(Cc1ccsc1)N1C(=O)CC(=O)NC1=O. The molecular weight excluding hydrogens is 240 g/mol. The van der Waals surface area contributed by atoms with Crippen LogP contribution in [-0.2, 0) is 16.0 Å². The summed E-state index contributed by atoms with van der Waals surface area (Å²) in [6.07, 6.45) is 0.358. The summed E-state index contributed by atoms with van der Waals surface area (Å²) in [6, 6.07) is 1.10. The van der Waals surface area contributed by atoms with Crippen LogP contribution in [0.15, 0.2) is 16.8 Å². The number of nitrogens with zero attached hydrogens (tertiary/aromatic N) is 1. The average Bonchev–Trinajstić information content (AvgIpc) is 2.68. The number of amides is 4.